The molecule has 1 N–H and O–H groups in total. The summed E-state index contributed by atoms with van der Waals surface area (Å²) in [5, 5.41) is 12.6. The van der Waals surface area contributed by atoms with E-state index in [-0.39, 0.29) is 17.4 Å². The smallest absolute Gasteiger partial charge is 0.216 e. The molecule has 0 radical (unpaired) electrons. The molecule has 0 spiro atoms. The lowest BCUT2D eigenvalue weighted by Crippen LogP contribution is -2.23. The van der Waals surface area contributed by atoms with Crippen molar-refractivity contribution in [2.45, 2.75) is 32.3 Å². The Hall–Kier alpha value is -2.64. The SMILES string of the molecule is CC(=O)NCCc1nnc(SCC(=O)c2ccc(C)cc2)n1-c1ccc(C)c(Cl)c1. The van der Waals surface area contributed by atoms with Gasteiger partial charge in [-0.1, -0.05) is 59.3 Å². The summed E-state index contributed by atoms with van der Waals surface area (Å²) in [7, 11) is 0. The fraction of sp³-hybridized carbons (Fsp3) is 0.273. The molecule has 0 aliphatic heterocycles. The first-order valence-electron chi connectivity index (χ1n) is 9.53. The third-order valence-electron chi connectivity index (χ3n) is 4.54. The van der Waals surface area contributed by atoms with Gasteiger partial charge >= 0.3 is 0 Å². The molecule has 0 atom stereocenters. The number of Topliss-reactive ketones (excluding diaryl/α,β-unsaturated/α-hetero) is 1. The molecule has 0 aliphatic carbocycles. The second kappa shape index (κ2) is 9.91. The number of rotatable bonds is 8. The monoisotopic (exact) mass is 442 g/mol. The van der Waals surface area contributed by atoms with Crippen LogP contribution < -0.4 is 5.32 Å². The van der Waals surface area contributed by atoms with Crippen LogP contribution in [-0.2, 0) is 11.2 Å². The predicted octanol–water partition coefficient (Wildman–Crippen LogP) is 4.19. The summed E-state index contributed by atoms with van der Waals surface area (Å²) in [5.41, 5.74) is 3.57. The van der Waals surface area contributed by atoms with Crippen LogP contribution in [0.1, 0.15) is 34.2 Å². The molecule has 1 amide bonds. The van der Waals surface area contributed by atoms with Crippen LogP contribution in [0.2, 0.25) is 5.02 Å². The Bertz CT molecular complexity index is 1060. The van der Waals surface area contributed by atoms with Crippen LogP contribution in [0.4, 0.5) is 0 Å². The van der Waals surface area contributed by atoms with Crippen molar-refractivity contribution in [3.05, 3.63) is 70.0 Å². The molecule has 0 bridgehead atoms. The fourth-order valence-corrected chi connectivity index (χ4v) is 3.88. The first-order valence-corrected chi connectivity index (χ1v) is 10.9. The third-order valence-corrected chi connectivity index (χ3v) is 5.88. The maximum absolute atomic E-state index is 12.6. The summed E-state index contributed by atoms with van der Waals surface area (Å²) in [6.07, 6.45) is 0.505. The highest BCUT2D eigenvalue weighted by atomic mass is 35.5. The van der Waals surface area contributed by atoms with E-state index in [0.717, 1.165) is 16.8 Å². The topological polar surface area (TPSA) is 76.9 Å². The maximum atomic E-state index is 12.6. The molecule has 0 fully saturated rings. The van der Waals surface area contributed by atoms with Crippen LogP contribution in [-0.4, -0.2) is 38.8 Å². The molecule has 0 saturated heterocycles. The summed E-state index contributed by atoms with van der Waals surface area (Å²) >= 11 is 7.66. The van der Waals surface area contributed by atoms with Gasteiger partial charge in [-0.2, -0.15) is 0 Å². The zero-order valence-corrected chi connectivity index (χ0v) is 18.7. The van der Waals surface area contributed by atoms with E-state index < -0.39 is 0 Å². The van der Waals surface area contributed by atoms with Crippen LogP contribution in [0, 0.1) is 13.8 Å². The second-order valence-corrected chi connectivity index (χ2v) is 8.33. The van der Waals surface area contributed by atoms with Gasteiger partial charge < -0.3 is 5.32 Å². The zero-order chi connectivity index (χ0) is 21.7. The first kappa shape index (κ1) is 22.1. The van der Waals surface area contributed by atoms with E-state index in [2.05, 4.69) is 15.5 Å². The molecule has 30 heavy (non-hydrogen) atoms. The molecule has 2 aromatic carbocycles. The van der Waals surface area contributed by atoms with Crippen molar-refractivity contribution in [1.29, 1.82) is 0 Å². The van der Waals surface area contributed by atoms with Crippen LogP contribution in [0.25, 0.3) is 5.69 Å². The Labute approximate surface area is 185 Å². The number of amides is 1. The molecule has 0 aliphatic rings. The average molecular weight is 443 g/mol. The van der Waals surface area contributed by atoms with Crippen LogP contribution in [0.15, 0.2) is 47.6 Å². The number of benzene rings is 2. The molecule has 0 unspecified atom stereocenters. The van der Waals surface area contributed by atoms with Gasteiger partial charge in [-0.15, -0.1) is 10.2 Å². The van der Waals surface area contributed by atoms with Crippen molar-refractivity contribution in [2.24, 2.45) is 0 Å². The minimum atomic E-state index is -0.0993. The molecule has 1 aromatic heterocycles. The van der Waals surface area contributed by atoms with Gasteiger partial charge in [0.1, 0.15) is 5.82 Å². The number of nitrogens with zero attached hydrogens (tertiary/aromatic N) is 3. The largest absolute Gasteiger partial charge is 0.356 e. The standard InChI is InChI=1S/C22H23ClN4O2S/c1-14-4-7-17(8-5-14)20(29)13-30-22-26-25-21(10-11-24-16(3)28)27(22)18-9-6-15(2)19(23)12-18/h4-9,12H,10-11,13H2,1-3H3,(H,24,28). The number of halogens is 1. The summed E-state index contributed by atoms with van der Waals surface area (Å²) in [6, 6.07) is 13.3. The van der Waals surface area contributed by atoms with Crippen molar-refractivity contribution in [3.8, 4) is 5.69 Å². The predicted molar refractivity (Wildman–Crippen MR) is 120 cm³/mol. The third kappa shape index (κ3) is 5.49. The highest BCUT2D eigenvalue weighted by Gasteiger charge is 2.17. The number of hydrogen-bond acceptors (Lipinski definition) is 5. The quantitative estimate of drug-likeness (QED) is 0.418. The normalized spacial score (nSPS) is 10.8. The van der Waals surface area contributed by atoms with E-state index in [0.29, 0.717) is 34.5 Å². The van der Waals surface area contributed by atoms with Gasteiger partial charge in [0, 0.05) is 30.5 Å². The minimum Gasteiger partial charge on any atom is -0.356 e. The van der Waals surface area contributed by atoms with Crippen molar-refractivity contribution in [1.82, 2.24) is 20.1 Å². The lowest BCUT2D eigenvalue weighted by Gasteiger charge is -2.12. The number of aromatic nitrogens is 3. The summed E-state index contributed by atoms with van der Waals surface area (Å²) in [5.74, 6) is 0.856. The van der Waals surface area contributed by atoms with Crippen LogP contribution in [0.3, 0.4) is 0 Å². The molecule has 3 rings (SSSR count). The van der Waals surface area contributed by atoms with E-state index in [4.69, 9.17) is 11.6 Å². The lowest BCUT2D eigenvalue weighted by atomic mass is 10.1. The van der Waals surface area contributed by atoms with Crippen molar-refractivity contribution in [3.63, 3.8) is 0 Å². The fourth-order valence-electron chi connectivity index (χ4n) is 2.84. The Morgan fingerprint density at radius 3 is 2.50 bits per heavy atom. The molecular formula is C22H23ClN4O2S. The molecule has 3 aromatic rings. The number of carbonyl (C=O) groups excluding carboxylic acids is 2. The van der Waals surface area contributed by atoms with Crippen LogP contribution >= 0.6 is 23.4 Å². The van der Waals surface area contributed by atoms with Crippen molar-refractivity contribution >= 4 is 35.1 Å². The Balaban J connectivity index is 1.84. The first-order chi connectivity index (χ1) is 14.3. The van der Waals surface area contributed by atoms with Gasteiger partial charge in [-0.3, -0.25) is 14.2 Å². The Kier molecular flexibility index (Phi) is 7.29. The van der Waals surface area contributed by atoms with Gasteiger partial charge in [0.15, 0.2) is 10.9 Å². The molecule has 1 heterocycles. The maximum Gasteiger partial charge on any atom is 0.216 e. The summed E-state index contributed by atoms with van der Waals surface area (Å²) in [6.45, 7) is 5.84. The van der Waals surface area contributed by atoms with Gasteiger partial charge in [-0.05, 0) is 31.5 Å². The van der Waals surface area contributed by atoms with Gasteiger partial charge in [0.05, 0.1) is 11.4 Å². The second-order valence-electron chi connectivity index (χ2n) is 6.98. The van der Waals surface area contributed by atoms with Gasteiger partial charge in [0.2, 0.25) is 5.91 Å². The molecule has 156 valence electrons. The zero-order valence-electron chi connectivity index (χ0n) is 17.1. The van der Waals surface area contributed by atoms with Crippen molar-refractivity contribution in [2.75, 3.05) is 12.3 Å². The number of thioether (sulfide) groups is 1. The molecule has 8 heteroatoms. The lowest BCUT2D eigenvalue weighted by molar-refractivity contribution is -0.118. The highest BCUT2D eigenvalue weighted by molar-refractivity contribution is 7.99. The van der Waals surface area contributed by atoms with E-state index in [9.17, 15) is 9.59 Å². The number of hydrogen-bond donors (Lipinski definition) is 1. The Morgan fingerprint density at radius 1 is 1.10 bits per heavy atom. The van der Waals surface area contributed by atoms with Crippen molar-refractivity contribution < 1.29 is 9.59 Å². The molecular weight excluding hydrogens is 420 g/mol. The highest BCUT2D eigenvalue weighted by Crippen LogP contribution is 2.26. The van der Waals surface area contributed by atoms with Gasteiger partial charge in [-0.25, -0.2) is 0 Å². The van der Waals surface area contributed by atoms with E-state index >= 15 is 0 Å². The molecule has 6 nitrogen and oxygen atoms in total. The number of nitrogens with one attached hydrogen (secondary N) is 1. The summed E-state index contributed by atoms with van der Waals surface area (Å²) < 4.78 is 1.89. The van der Waals surface area contributed by atoms with E-state index in [1.807, 2.05) is 60.9 Å². The van der Waals surface area contributed by atoms with E-state index in [1.165, 1.54) is 18.7 Å². The summed E-state index contributed by atoms with van der Waals surface area (Å²) in [4.78, 5) is 23.8. The Morgan fingerprint density at radius 2 is 1.83 bits per heavy atom. The molecule has 0 saturated carbocycles. The minimum absolute atomic E-state index is 0.0243. The number of ketones is 1. The average Bonchev–Trinajstić information content (AvgIpc) is 3.11. The van der Waals surface area contributed by atoms with Gasteiger partial charge in [0.25, 0.3) is 0 Å². The number of aryl methyl sites for hydroxylation is 2. The number of carbonyl (C=O) groups is 2. The van der Waals surface area contributed by atoms with Crippen LogP contribution in [0.5, 0.6) is 0 Å². The van der Waals surface area contributed by atoms with E-state index in [1.54, 1.807) is 0 Å².